The molecular formula is C11H12BrN3O. The van der Waals surface area contributed by atoms with Crippen molar-refractivity contribution in [1.82, 2.24) is 9.97 Å². The number of anilines is 1. The predicted octanol–water partition coefficient (Wildman–Crippen LogP) is 3.01. The first-order valence-electron chi connectivity index (χ1n) is 5.06. The maximum atomic E-state index is 5.49. The van der Waals surface area contributed by atoms with Crippen LogP contribution in [0, 0.1) is 0 Å². The lowest BCUT2D eigenvalue weighted by Gasteiger charge is -2.04. The molecule has 0 bridgehead atoms. The van der Waals surface area contributed by atoms with Gasteiger partial charge in [0.1, 0.15) is 5.76 Å². The van der Waals surface area contributed by atoms with E-state index in [4.69, 9.17) is 4.42 Å². The molecule has 0 aliphatic heterocycles. The molecule has 0 aromatic carbocycles. The third-order valence-corrected chi connectivity index (χ3v) is 2.78. The fraction of sp³-hybridized carbons (Fsp3) is 0.273. The number of oxazole rings is 1. The summed E-state index contributed by atoms with van der Waals surface area (Å²) in [6.45, 7) is 2.61. The maximum Gasteiger partial charge on any atom is 0.213 e. The Hall–Kier alpha value is -1.36. The van der Waals surface area contributed by atoms with E-state index in [-0.39, 0.29) is 0 Å². The summed E-state index contributed by atoms with van der Waals surface area (Å²) in [6.07, 6.45) is 6.11. The zero-order valence-corrected chi connectivity index (χ0v) is 10.5. The largest absolute Gasteiger partial charge is 0.444 e. The molecule has 2 aromatic rings. The second kappa shape index (κ2) is 5.12. The van der Waals surface area contributed by atoms with Crippen LogP contribution in [-0.2, 0) is 13.0 Å². The summed E-state index contributed by atoms with van der Waals surface area (Å²) in [7, 11) is 0. The summed E-state index contributed by atoms with van der Waals surface area (Å²) in [5.41, 5.74) is 0.978. The molecule has 0 atom stereocenters. The fourth-order valence-electron chi connectivity index (χ4n) is 1.28. The molecule has 4 nitrogen and oxygen atoms in total. The Labute approximate surface area is 102 Å². The van der Waals surface area contributed by atoms with Crippen LogP contribution in [-0.4, -0.2) is 9.97 Å². The highest BCUT2D eigenvalue weighted by molar-refractivity contribution is 9.10. The van der Waals surface area contributed by atoms with Gasteiger partial charge in [-0.25, -0.2) is 4.98 Å². The van der Waals surface area contributed by atoms with E-state index < -0.39 is 0 Å². The van der Waals surface area contributed by atoms with Crippen LogP contribution in [0.15, 0.2) is 33.5 Å². The van der Waals surface area contributed by atoms with Crippen molar-refractivity contribution in [2.45, 2.75) is 19.9 Å². The van der Waals surface area contributed by atoms with Crippen molar-refractivity contribution in [3.05, 3.63) is 40.8 Å². The van der Waals surface area contributed by atoms with E-state index >= 15 is 0 Å². The van der Waals surface area contributed by atoms with Crippen molar-refractivity contribution in [1.29, 1.82) is 0 Å². The molecule has 5 heteroatoms. The molecule has 0 aliphatic rings. The van der Waals surface area contributed by atoms with Crippen LogP contribution in [0.1, 0.15) is 18.6 Å². The predicted molar refractivity (Wildman–Crippen MR) is 65.1 cm³/mol. The lowest BCUT2D eigenvalue weighted by atomic mass is 10.4. The molecule has 2 aromatic heterocycles. The lowest BCUT2D eigenvalue weighted by molar-refractivity contribution is 0.466. The molecule has 16 heavy (non-hydrogen) atoms. The Morgan fingerprint density at radius 3 is 3.00 bits per heavy atom. The van der Waals surface area contributed by atoms with Gasteiger partial charge in [0.2, 0.25) is 5.89 Å². The highest BCUT2D eigenvalue weighted by Gasteiger charge is 2.03. The minimum Gasteiger partial charge on any atom is -0.444 e. The number of aromatic nitrogens is 2. The maximum absolute atomic E-state index is 5.49. The van der Waals surface area contributed by atoms with Crippen LogP contribution < -0.4 is 5.32 Å². The molecule has 2 rings (SSSR count). The van der Waals surface area contributed by atoms with Gasteiger partial charge in [-0.3, -0.25) is 4.98 Å². The summed E-state index contributed by atoms with van der Waals surface area (Å²) in [4.78, 5) is 8.16. The van der Waals surface area contributed by atoms with Crippen molar-refractivity contribution in [2.75, 3.05) is 5.32 Å². The molecule has 0 saturated heterocycles. The zero-order chi connectivity index (χ0) is 11.4. The lowest BCUT2D eigenvalue weighted by Crippen LogP contribution is -2.00. The van der Waals surface area contributed by atoms with Crippen molar-refractivity contribution < 1.29 is 4.42 Å². The van der Waals surface area contributed by atoms with Crippen molar-refractivity contribution in [3.8, 4) is 0 Å². The SMILES string of the molecule is CCc1cnc(CNc2ccncc2Br)o1. The Morgan fingerprint density at radius 2 is 2.31 bits per heavy atom. The average molecular weight is 282 g/mol. The van der Waals surface area contributed by atoms with Gasteiger partial charge in [0.05, 0.1) is 22.9 Å². The van der Waals surface area contributed by atoms with E-state index in [0.29, 0.717) is 12.4 Å². The van der Waals surface area contributed by atoms with Gasteiger partial charge in [0.15, 0.2) is 0 Å². The summed E-state index contributed by atoms with van der Waals surface area (Å²) in [5.74, 6) is 1.60. The van der Waals surface area contributed by atoms with Crippen LogP contribution in [0.25, 0.3) is 0 Å². The molecule has 0 saturated carbocycles. The molecular weight excluding hydrogens is 270 g/mol. The number of nitrogens with one attached hydrogen (secondary N) is 1. The first kappa shape index (κ1) is 11.1. The van der Waals surface area contributed by atoms with E-state index in [1.807, 2.05) is 13.0 Å². The zero-order valence-electron chi connectivity index (χ0n) is 8.90. The smallest absolute Gasteiger partial charge is 0.213 e. The van der Waals surface area contributed by atoms with E-state index in [2.05, 4.69) is 31.2 Å². The topological polar surface area (TPSA) is 51.0 Å². The Balaban J connectivity index is 1.99. The summed E-state index contributed by atoms with van der Waals surface area (Å²) < 4.78 is 6.42. The number of aryl methyl sites for hydroxylation is 1. The van der Waals surface area contributed by atoms with Gasteiger partial charge in [-0.2, -0.15) is 0 Å². The second-order valence-corrected chi connectivity index (χ2v) is 4.14. The standard InChI is InChI=1S/C11H12BrN3O/c1-2-8-5-15-11(16-8)7-14-10-3-4-13-6-9(10)12/h3-6H,2,7H2,1H3,(H,13,14). The number of nitrogens with zero attached hydrogens (tertiary/aromatic N) is 2. The number of halogens is 1. The van der Waals surface area contributed by atoms with Crippen molar-refractivity contribution >= 4 is 21.6 Å². The number of hydrogen-bond acceptors (Lipinski definition) is 4. The van der Waals surface area contributed by atoms with Gasteiger partial charge in [-0.05, 0) is 22.0 Å². The third kappa shape index (κ3) is 2.61. The van der Waals surface area contributed by atoms with Crippen LogP contribution in [0.3, 0.4) is 0 Å². The minimum absolute atomic E-state index is 0.572. The minimum atomic E-state index is 0.572. The molecule has 1 N–H and O–H groups in total. The molecule has 0 amide bonds. The molecule has 0 fully saturated rings. The van der Waals surface area contributed by atoms with E-state index in [0.717, 1.165) is 22.3 Å². The van der Waals surface area contributed by atoms with Gasteiger partial charge in [0.25, 0.3) is 0 Å². The van der Waals surface area contributed by atoms with Crippen molar-refractivity contribution in [3.63, 3.8) is 0 Å². The number of pyridine rings is 1. The van der Waals surface area contributed by atoms with Gasteiger partial charge in [0, 0.05) is 18.8 Å². The number of hydrogen-bond donors (Lipinski definition) is 1. The number of rotatable bonds is 4. The molecule has 0 unspecified atom stereocenters. The highest BCUT2D eigenvalue weighted by Crippen LogP contribution is 2.20. The van der Waals surface area contributed by atoms with Crippen LogP contribution >= 0.6 is 15.9 Å². The quantitative estimate of drug-likeness (QED) is 0.936. The van der Waals surface area contributed by atoms with Crippen LogP contribution in [0.2, 0.25) is 0 Å². The summed E-state index contributed by atoms with van der Waals surface area (Å²) in [6, 6.07) is 1.90. The average Bonchev–Trinajstić information content (AvgIpc) is 2.76. The molecule has 0 aliphatic carbocycles. The van der Waals surface area contributed by atoms with E-state index in [9.17, 15) is 0 Å². The second-order valence-electron chi connectivity index (χ2n) is 3.28. The van der Waals surface area contributed by atoms with Crippen molar-refractivity contribution in [2.24, 2.45) is 0 Å². The van der Waals surface area contributed by atoms with Gasteiger partial charge < -0.3 is 9.73 Å². The van der Waals surface area contributed by atoms with Gasteiger partial charge in [-0.15, -0.1) is 0 Å². The summed E-state index contributed by atoms with van der Waals surface area (Å²) in [5, 5.41) is 3.22. The normalized spacial score (nSPS) is 10.4. The van der Waals surface area contributed by atoms with Gasteiger partial charge >= 0.3 is 0 Å². The molecule has 0 radical (unpaired) electrons. The first-order chi connectivity index (χ1) is 7.79. The Bertz CT molecular complexity index is 470. The molecule has 2 heterocycles. The monoisotopic (exact) mass is 281 g/mol. The molecule has 0 spiro atoms. The van der Waals surface area contributed by atoms with Gasteiger partial charge in [-0.1, -0.05) is 6.92 Å². The van der Waals surface area contributed by atoms with E-state index in [1.54, 1.807) is 18.6 Å². The molecule has 84 valence electrons. The van der Waals surface area contributed by atoms with E-state index in [1.165, 1.54) is 0 Å². The Kier molecular flexibility index (Phi) is 3.56. The first-order valence-corrected chi connectivity index (χ1v) is 5.86. The highest BCUT2D eigenvalue weighted by atomic mass is 79.9. The van der Waals surface area contributed by atoms with Crippen LogP contribution in [0.4, 0.5) is 5.69 Å². The fourth-order valence-corrected chi connectivity index (χ4v) is 1.67. The summed E-state index contributed by atoms with van der Waals surface area (Å²) >= 11 is 3.41. The van der Waals surface area contributed by atoms with Crippen LogP contribution in [0.5, 0.6) is 0 Å². The Morgan fingerprint density at radius 1 is 1.44 bits per heavy atom. The third-order valence-electron chi connectivity index (χ3n) is 2.15.